The first kappa shape index (κ1) is 25.7. The van der Waals surface area contributed by atoms with Gasteiger partial charge in [-0.2, -0.15) is 0 Å². The van der Waals surface area contributed by atoms with Gasteiger partial charge in [0.1, 0.15) is 5.54 Å². The highest BCUT2D eigenvalue weighted by Gasteiger charge is 2.41. The number of hydrogen-bond acceptors (Lipinski definition) is 2. The molecule has 0 saturated heterocycles. The minimum atomic E-state index is -0.627. The fraction of sp³-hybridized carbons (Fsp3) is 0.263. The molecule has 0 aromatic heterocycles. The van der Waals surface area contributed by atoms with Crippen molar-refractivity contribution in [3.63, 3.8) is 0 Å². The average Bonchev–Trinajstić information content (AvgIpc) is 2.53. The smallest absolute Gasteiger partial charge is 0.370 e. The normalized spacial score (nSPS) is 11.6. The van der Waals surface area contributed by atoms with Crippen molar-refractivity contribution in [3.05, 3.63) is 70.2 Å². The molecule has 0 aliphatic rings. The molecule has 0 spiro atoms. The second kappa shape index (κ2) is 10.3. The molecule has 1 unspecified atom stereocenters. The molecule has 0 fully saturated rings. The van der Waals surface area contributed by atoms with Crippen LogP contribution in [-0.2, 0) is 0 Å². The summed E-state index contributed by atoms with van der Waals surface area (Å²) in [6, 6.07) is 13.6. The topological polar surface area (TPSA) is 41.8 Å². The molecule has 0 radical (unpaired) electrons. The Morgan fingerprint density at radius 1 is 1.00 bits per heavy atom. The Bertz CT molecular complexity index is 789. The lowest BCUT2D eigenvalue weighted by Crippen LogP contribution is -3.25. The number of amides is 2. The summed E-state index contributed by atoms with van der Waals surface area (Å²) >= 11 is 12.3. The highest BCUT2D eigenvalue weighted by molar-refractivity contribution is 6.31. The third kappa shape index (κ3) is 6.37. The number of hydrogen-bond donors (Lipinski definition) is 1. The second-order valence-electron chi connectivity index (χ2n) is 6.89. The summed E-state index contributed by atoms with van der Waals surface area (Å²) in [6.45, 7) is 7.47. The van der Waals surface area contributed by atoms with Crippen LogP contribution in [-0.4, -0.2) is 21.9 Å². The minimum absolute atomic E-state index is 0. The third-order valence-corrected chi connectivity index (χ3v) is 4.24. The summed E-state index contributed by atoms with van der Waals surface area (Å²) in [4.78, 5) is 25.7. The van der Waals surface area contributed by atoms with E-state index in [1.807, 2.05) is 39.8 Å². The van der Waals surface area contributed by atoms with Crippen molar-refractivity contribution in [2.45, 2.75) is 33.2 Å². The minimum Gasteiger partial charge on any atom is -1.00 e. The van der Waals surface area contributed by atoms with Crippen molar-refractivity contribution in [3.8, 4) is 0 Å². The zero-order valence-electron chi connectivity index (χ0n) is 15.4. The summed E-state index contributed by atoms with van der Waals surface area (Å²) in [5.74, 6) is -0.771. The lowest BCUT2D eigenvalue weighted by Gasteiger charge is -2.33. The van der Waals surface area contributed by atoms with Gasteiger partial charge in [0.2, 0.25) is 0 Å². The fourth-order valence-electron chi connectivity index (χ4n) is 2.40. The summed E-state index contributed by atoms with van der Waals surface area (Å²) in [5, 5.41) is 0.640. The van der Waals surface area contributed by atoms with Gasteiger partial charge in [-0.05, 0) is 58.0 Å². The second-order valence-corrected chi connectivity index (χ2v) is 7.66. The first-order chi connectivity index (χ1) is 11.6. The molecule has 0 bridgehead atoms. The molecule has 0 aliphatic carbocycles. The molecule has 1 atom stereocenters. The Kier molecular flexibility index (Phi) is 9.80. The lowest BCUT2D eigenvalue weighted by molar-refractivity contribution is -0.951. The highest BCUT2D eigenvalue weighted by atomic mass is 35.5. The summed E-state index contributed by atoms with van der Waals surface area (Å²) < 4.78 is 0.911. The molecular formula is C19H22Cl4N2O2. The van der Waals surface area contributed by atoms with Gasteiger partial charge in [0.05, 0.1) is 17.3 Å². The van der Waals surface area contributed by atoms with Crippen molar-refractivity contribution >= 4 is 47.6 Å². The van der Waals surface area contributed by atoms with Crippen LogP contribution in [0.1, 0.15) is 47.1 Å². The predicted molar refractivity (Wildman–Crippen MR) is 107 cm³/mol. The Morgan fingerprint density at radius 2 is 1.56 bits per heavy atom. The van der Waals surface area contributed by atoms with Crippen LogP contribution in [0.5, 0.6) is 0 Å². The zero-order valence-corrected chi connectivity index (χ0v) is 18.5. The molecule has 27 heavy (non-hydrogen) atoms. The van der Waals surface area contributed by atoms with Crippen LogP contribution < -0.4 is 17.4 Å². The van der Waals surface area contributed by atoms with Gasteiger partial charge in [0.15, 0.2) is 0 Å². The first-order valence-corrected chi connectivity index (χ1v) is 8.57. The van der Waals surface area contributed by atoms with E-state index in [1.165, 1.54) is 6.07 Å². The number of carbonyl (C=O) groups is 2. The predicted octanol–water partition coefficient (Wildman–Crippen LogP) is 1.11. The molecule has 0 saturated carbocycles. The van der Waals surface area contributed by atoms with Crippen molar-refractivity contribution in [2.24, 2.45) is 0 Å². The molecule has 148 valence electrons. The van der Waals surface area contributed by atoms with Gasteiger partial charge in [0, 0.05) is 10.6 Å². The summed E-state index contributed by atoms with van der Waals surface area (Å²) in [5.41, 5.74) is 1.23. The van der Waals surface area contributed by atoms with Crippen molar-refractivity contribution < 1.29 is 27.0 Å². The maximum absolute atomic E-state index is 13.0. The molecule has 2 amide bonds. The Labute approximate surface area is 182 Å². The van der Waals surface area contributed by atoms with E-state index in [1.54, 1.807) is 30.3 Å². The van der Waals surface area contributed by atoms with Crippen LogP contribution in [0.25, 0.3) is 0 Å². The summed E-state index contributed by atoms with van der Waals surface area (Å²) in [6.07, 6.45) is 0. The van der Waals surface area contributed by atoms with E-state index >= 15 is 0 Å². The van der Waals surface area contributed by atoms with Crippen LogP contribution >= 0.6 is 35.8 Å². The van der Waals surface area contributed by atoms with E-state index < -0.39 is 11.4 Å². The highest BCUT2D eigenvalue weighted by Crippen LogP contribution is 2.13. The number of benzene rings is 2. The monoisotopic (exact) mass is 450 g/mol. The van der Waals surface area contributed by atoms with E-state index in [4.69, 9.17) is 23.4 Å². The van der Waals surface area contributed by atoms with Crippen molar-refractivity contribution in [1.82, 2.24) is 4.53 Å². The van der Waals surface area contributed by atoms with E-state index in [9.17, 15) is 9.59 Å². The van der Waals surface area contributed by atoms with Crippen LogP contribution in [0.4, 0.5) is 0 Å². The molecule has 2 rings (SSSR count). The van der Waals surface area contributed by atoms with Gasteiger partial charge in [-0.1, -0.05) is 39.9 Å². The third-order valence-electron chi connectivity index (χ3n) is 3.69. The maximum atomic E-state index is 13.0. The SMILES string of the molecule is Cc1ccc(C(=O)[NH+](N(Cl)C(=O)c2cccc(Cl)c2)C(C)(C)C)cc1.Cl.[Cl-]. The number of nitrogens with one attached hydrogen (secondary N) is 1. The Hall–Kier alpha value is -1.30. The largest absolute Gasteiger partial charge is 1.00 e. The Balaban J connectivity index is 0.00000338. The van der Waals surface area contributed by atoms with Crippen LogP contribution in [0.15, 0.2) is 48.5 Å². The summed E-state index contributed by atoms with van der Waals surface area (Å²) in [7, 11) is 0. The van der Waals surface area contributed by atoms with Crippen LogP contribution in [0.3, 0.4) is 0 Å². The van der Waals surface area contributed by atoms with E-state index in [-0.39, 0.29) is 35.7 Å². The van der Waals surface area contributed by atoms with Gasteiger partial charge in [-0.25, -0.2) is 4.79 Å². The molecule has 0 aliphatic heterocycles. The molecule has 4 nitrogen and oxygen atoms in total. The number of carbonyl (C=O) groups excluding carboxylic acids is 2. The number of quaternary nitrogens is 1. The standard InChI is InChI=1S/C19H20Cl2N2O2.2ClH/c1-13-8-10-14(11-9-13)17(24)22(19(2,3)4)23(21)18(25)15-6-5-7-16(20)12-15;;/h5-12H,1-4H3;2*1H. The van der Waals surface area contributed by atoms with Gasteiger partial charge >= 0.3 is 11.8 Å². The van der Waals surface area contributed by atoms with E-state index in [0.717, 1.165) is 10.1 Å². The molecular weight excluding hydrogens is 430 g/mol. The van der Waals surface area contributed by atoms with Crippen LogP contribution in [0, 0.1) is 6.92 Å². The number of halogens is 4. The maximum Gasteiger partial charge on any atom is 0.370 e. The van der Waals surface area contributed by atoms with Gasteiger partial charge in [-0.15, -0.1) is 17.4 Å². The number of aryl methyl sites for hydroxylation is 1. The lowest BCUT2D eigenvalue weighted by atomic mass is 10.1. The number of nitrogens with zero attached hydrogens (tertiary/aromatic N) is 1. The first-order valence-electron chi connectivity index (χ1n) is 7.86. The number of rotatable bonds is 2. The van der Waals surface area contributed by atoms with Gasteiger partial charge in [-0.3, -0.25) is 4.79 Å². The average molecular weight is 452 g/mol. The Morgan fingerprint density at radius 3 is 2.04 bits per heavy atom. The molecule has 1 N–H and O–H groups in total. The van der Waals surface area contributed by atoms with Crippen LogP contribution in [0.2, 0.25) is 5.02 Å². The molecule has 2 aromatic rings. The molecule has 2 aromatic carbocycles. The zero-order chi connectivity index (χ0) is 18.8. The van der Waals surface area contributed by atoms with Gasteiger partial charge < -0.3 is 12.4 Å². The van der Waals surface area contributed by atoms with E-state index in [2.05, 4.69) is 0 Å². The quantitative estimate of drug-likeness (QED) is 0.549. The van der Waals surface area contributed by atoms with Crippen molar-refractivity contribution in [1.29, 1.82) is 0 Å². The van der Waals surface area contributed by atoms with E-state index in [0.29, 0.717) is 16.1 Å². The van der Waals surface area contributed by atoms with Crippen molar-refractivity contribution in [2.75, 3.05) is 0 Å². The molecule has 0 heterocycles. The molecule has 8 heteroatoms. The van der Waals surface area contributed by atoms with Gasteiger partial charge in [0.25, 0.3) is 0 Å². The fourth-order valence-corrected chi connectivity index (χ4v) is 3.02.